The molecule has 0 atom stereocenters. The second kappa shape index (κ2) is 10.6. The second-order valence-corrected chi connectivity index (χ2v) is 8.57. The number of halogens is 1. The number of carbonyl (C=O) groups is 2. The zero-order valence-electron chi connectivity index (χ0n) is 19.5. The molecule has 34 heavy (non-hydrogen) atoms. The number of rotatable bonds is 6. The van der Waals surface area contributed by atoms with Crippen molar-refractivity contribution >= 4 is 11.9 Å². The van der Waals surface area contributed by atoms with Gasteiger partial charge in [-0.3, -0.25) is 9.69 Å². The first-order valence-corrected chi connectivity index (χ1v) is 11.5. The summed E-state index contributed by atoms with van der Waals surface area (Å²) in [4.78, 5) is 29.0. The minimum atomic E-state index is -0.721. The van der Waals surface area contributed by atoms with Gasteiger partial charge in [-0.25, -0.2) is 9.18 Å². The number of ether oxygens (including phenoxy) is 1. The summed E-state index contributed by atoms with van der Waals surface area (Å²) in [5.74, 6) is -1.43. The molecule has 1 aliphatic rings. The van der Waals surface area contributed by atoms with Gasteiger partial charge in [0.15, 0.2) is 0 Å². The number of methoxy groups -OCH3 is 1. The fraction of sp³-hybridized carbons (Fsp3) is 0.286. The summed E-state index contributed by atoms with van der Waals surface area (Å²) >= 11 is 0. The molecule has 0 aromatic heterocycles. The third-order valence-corrected chi connectivity index (χ3v) is 6.44. The van der Waals surface area contributed by atoms with E-state index < -0.39 is 11.8 Å². The van der Waals surface area contributed by atoms with Crippen molar-refractivity contribution in [3.8, 4) is 0 Å². The Bertz CT molecular complexity index is 1100. The topological polar surface area (TPSA) is 49.9 Å². The van der Waals surface area contributed by atoms with Crippen LogP contribution >= 0.6 is 0 Å². The number of benzene rings is 3. The van der Waals surface area contributed by atoms with Crippen molar-refractivity contribution in [3.05, 3.63) is 106 Å². The molecule has 0 bridgehead atoms. The highest BCUT2D eigenvalue weighted by atomic mass is 19.1. The molecule has 0 saturated carbocycles. The maximum absolute atomic E-state index is 14.4. The Labute approximate surface area is 199 Å². The van der Waals surface area contributed by atoms with Gasteiger partial charge in [-0.1, -0.05) is 60.7 Å². The number of carbonyl (C=O) groups excluding carboxylic acids is 2. The Morgan fingerprint density at radius 2 is 1.47 bits per heavy atom. The third kappa shape index (κ3) is 5.18. The molecular formula is C28H29FN2O3. The molecule has 1 amide bonds. The summed E-state index contributed by atoms with van der Waals surface area (Å²) in [7, 11) is 1.22. The Balaban J connectivity index is 1.44. The van der Waals surface area contributed by atoms with Crippen LogP contribution in [0, 0.1) is 12.7 Å². The van der Waals surface area contributed by atoms with Gasteiger partial charge in [-0.2, -0.15) is 0 Å². The van der Waals surface area contributed by atoms with Crippen LogP contribution in [-0.2, 0) is 16.0 Å². The van der Waals surface area contributed by atoms with Crippen LogP contribution in [0.2, 0.25) is 0 Å². The first-order chi connectivity index (χ1) is 16.5. The SMILES string of the molecule is COC(=O)c1cc(C)c(CC(=O)N2CCN(C(c3ccccc3)c3ccccc3)CC2)cc1F. The van der Waals surface area contributed by atoms with Gasteiger partial charge in [0.2, 0.25) is 5.91 Å². The number of hydrogen-bond acceptors (Lipinski definition) is 4. The Morgan fingerprint density at radius 3 is 2.00 bits per heavy atom. The molecule has 3 aromatic carbocycles. The van der Waals surface area contributed by atoms with Gasteiger partial charge in [-0.15, -0.1) is 0 Å². The van der Waals surface area contributed by atoms with E-state index in [1.807, 2.05) is 17.0 Å². The maximum Gasteiger partial charge on any atom is 0.340 e. The standard InChI is InChI=1S/C28H29FN2O3/c1-20-17-24(28(33)34-2)25(29)18-23(20)19-26(32)30-13-15-31(16-14-30)27(21-9-5-3-6-10-21)22-11-7-4-8-12-22/h3-12,17-18,27H,13-16,19H2,1-2H3. The van der Waals surface area contributed by atoms with Crippen molar-refractivity contribution in [1.82, 2.24) is 9.80 Å². The Hall–Kier alpha value is -3.51. The van der Waals surface area contributed by atoms with Crippen molar-refractivity contribution in [2.75, 3.05) is 33.3 Å². The van der Waals surface area contributed by atoms with Crippen LogP contribution in [0.15, 0.2) is 72.8 Å². The molecule has 0 unspecified atom stereocenters. The summed E-state index contributed by atoms with van der Waals surface area (Å²) in [6.07, 6.45) is 0.102. The van der Waals surface area contributed by atoms with Crippen LogP contribution < -0.4 is 0 Å². The molecule has 0 spiro atoms. The van der Waals surface area contributed by atoms with Crippen molar-refractivity contribution in [2.24, 2.45) is 0 Å². The lowest BCUT2D eigenvalue weighted by atomic mass is 9.96. The quantitative estimate of drug-likeness (QED) is 0.512. The highest BCUT2D eigenvalue weighted by Gasteiger charge is 2.28. The maximum atomic E-state index is 14.4. The average Bonchev–Trinajstić information content (AvgIpc) is 2.87. The first-order valence-electron chi connectivity index (χ1n) is 11.5. The van der Waals surface area contributed by atoms with Gasteiger partial charge < -0.3 is 9.64 Å². The Kier molecular flexibility index (Phi) is 7.38. The molecule has 1 saturated heterocycles. The van der Waals surface area contributed by atoms with E-state index >= 15 is 0 Å². The minimum Gasteiger partial charge on any atom is -0.465 e. The number of nitrogens with zero attached hydrogens (tertiary/aromatic N) is 2. The van der Waals surface area contributed by atoms with Gasteiger partial charge in [0.1, 0.15) is 5.82 Å². The van der Waals surface area contributed by atoms with E-state index in [-0.39, 0.29) is 23.9 Å². The summed E-state index contributed by atoms with van der Waals surface area (Å²) in [6, 6.07) is 23.7. The molecule has 4 rings (SSSR count). The molecule has 1 fully saturated rings. The van der Waals surface area contributed by atoms with Crippen LogP contribution in [0.4, 0.5) is 4.39 Å². The van der Waals surface area contributed by atoms with Crippen molar-refractivity contribution in [3.63, 3.8) is 0 Å². The molecule has 1 aliphatic heterocycles. The van der Waals surface area contributed by atoms with Gasteiger partial charge in [0.25, 0.3) is 0 Å². The monoisotopic (exact) mass is 460 g/mol. The minimum absolute atomic E-state index is 0.0380. The first kappa shape index (κ1) is 23.6. The smallest absolute Gasteiger partial charge is 0.340 e. The molecule has 5 nitrogen and oxygen atoms in total. The van der Waals surface area contributed by atoms with Crippen molar-refractivity contribution < 1.29 is 18.7 Å². The molecule has 6 heteroatoms. The number of hydrogen-bond donors (Lipinski definition) is 0. The molecule has 0 N–H and O–H groups in total. The average molecular weight is 461 g/mol. The number of piperazine rings is 1. The molecule has 176 valence electrons. The second-order valence-electron chi connectivity index (χ2n) is 8.57. The van der Waals surface area contributed by atoms with E-state index in [0.717, 1.165) is 13.1 Å². The molecular weight excluding hydrogens is 431 g/mol. The van der Waals surface area contributed by atoms with E-state index in [9.17, 15) is 14.0 Å². The summed E-state index contributed by atoms with van der Waals surface area (Å²) in [5.41, 5.74) is 3.62. The molecule has 3 aromatic rings. The predicted octanol–water partition coefficient (Wildman–Crippen LogP) is 4.40. The van der Waals surface area contributed by atoms with Gasteiger partial charge in [0.05, 0.1) is 25.1 Å². The van der Waals surface area contributed by atoms with Crippen molar-refractivity contribution in [1.29, 1.82) is 0 Å². The van der Waals surface area contributed by atoms with Gasteiger partial charge in [-0.05, 0) is 41.3 Å². The van der Waals surface area contributed by atoms with E-state index in [1.165, 1.54) is 30.4 Å². The summed E-state index contributed by atoms with van der Waals surface area (Å²) < 4.78 is 19.0. The normalized spacial score (nSPS) is 14.3. The van der Waals surface area contributed by atoms with Crippen LogP contribution in [0.1, 0.15) is 38.7 Å². The van der Waals surface area contributed by atoms with Crippen LogP contribution in [0.3, 0.4) is 0 Å². The fourth-order valence-electron chi connectivity index (χ4n) is 4.57. The fourth-order valence-corrected chi connectivity index (χ4v) is 4.57. The van der Waals surface area contributed by atoms with E-state index in [2.05, 4.69) is 58.2 Å². The number of esters is 1. The third-order valence-electron chi connectivity index (χ3n) is 6.44. The summed E-state index contributed by atoms with van der Waals surface area (Å²) in [6.45, 7) is 4.48. The molecule has 1 heterocycles. The number of aryl methyl sites for hydroxylation is 1. The van der Waals surface area contributed by atoms with Gasteiger partial charge >= 0.3 is 5.97 Å². The lowest BCUT2D eigenvalue weighted by Gasteiger charge is -2.40. The Morgan fingerprint density at radius 1 is 0.912 bits per heavy atom. The van der Waals surface area contributed by atoms with Gasteiger partial charge in [0, 0.05) is 26.2 Å². The molecule has 0 aliphatic carbocycles. The number of amides is 1. The molecule has 0 radical (unpaired) electrons. The lowest BCUT2D eigenvalue weighted by Crippen LogP contribution is -2.50. The largest absolute Gasteiger partial charge is 0.465 e. The summed E-state index contributed by atoms with van der Waals surface area (Å²) in [5, 5.41) is 0. The van der Waals surface area contributed by atoms with Crippen molar-refractivity contribution in [2.45, 2.75) is 19.4 Å². The van der Waals surface area contributed by atoms with E-state index in [1.54, 1.807) is 6.92 Å². The van der Waals surface area contributed by atoms with Crippen LogP contribution in [0.25, 0.3) is 0 Å². The highest BCUT2D eigenvalue weighted by Crippen LogP contribution is 2.29. The predicted molar refractivity (Wildman–Crippen MR) is 129 cm³/mol. The lowest BCUT2D eigenvalue weighted by molar-refractivity contribution is -0.132. The zero-order chi connectivity index (χ0) is 24.1. The highest BCUT2D eigenvalue weighted by molar-refractivity contribution is 5.90. The van der Waals surface area contributed by atoms with Crippen LogP contribution in [0.5, 0.6) is 0 Å². The van der Waals surface area contributed by atoms with E-state index in [0.29, 0.717) is 24.2 Å². The van der Waals surface area contributed by atoms with Crippen LogP contribution in [-0.4, -0.2) is 55.0 Å². The zero-order valence-corrected chi connectivity index (χ0v) is 19.5. The van der Waals surface area contributed by atoms with E-state index in [4.69, 9.17) is 0 Å².